The predicted octanol–water partition coefficient (Wildman–Crippen LogP) is 2.12. The van der Waals surface area contributed by atoms with Crippen molar-refractivity contribution in [3.8, 4) is 11.6 Å². The molecule has 14 heavy (non-hydrogen) atoms. The van der Waals surface area contributed by atoms with E-state index in [-0.39, 0.29) is 5.88 Å². The lowest BCUT2D eigenvalue weighted by atomic mass is 10.2. The molecule has 0 amide bonds. The van der Waals surface area contributed by atoms with Crippen LogP contribution >= 0.6 is 0 Å². The van der Waals surface area contributed by atoms with Crippen LogP contribution in [0.15, 0.2) is 12.3 Å². The third-order valence-corrected chi connectivity index (χ3v) is 1.57. The van der Waals surface area contributed by atoms with E-state index in [2.05, 4.69) is 14.5 Å². The summed E-state index contributed by atoms with van der Waals surface area (Å²) in [6.07, 6.45) is -3.45. The maximum absolute atomic E-state index is 12.4. The second-order valence-electron chi connectivity index (χ2n) is 2.40. The van der Waals surface area contributed by atoms with E-state index in [1.807, 2.05) is 0 Å². The van der Waals surface area contributed by atoms with Gasteiger partial charge in [0.05, 0.1) is 14.2 Å². The van der Waals surface area contributed by atoms with E-state index in [9.17, 15) is 13.2 Å². The summed E-state index contributed by atoms with van der Waals surface area (Å²) in [4.78, 5) is 3.59. The van der Waals surface area contributed by atoms with Crippen molar-refractivity contribution >= 4 is 0 Å². The molecule has 1 heterocycles. The Morgan fingerprint density at radius 2 is 1.86 bits per heavy atom. The molecule has 0 aliphatic heterocycles. The maximum atomic E-state index is 12.4. The fourth-order valence-electron chi connectivity index (χ4n) is 0.995. The van der Waals surface area contributed by atoms with Crippen molar-refractivity contribution in [1.82, 2.24) is 4.98 Å². The second kappa shape index (κ2) is 3.73. The van der Waals surface area contributed by atoms with Crippen LogP contribution in [0.25, 0.3) is 0 Å². The molecule has 1 aromatic heterocycles. The van der Waals surface area contributed by atoms with E-state index in [0.29, 0.717) is 0 Å². The Balaban J connectivity index is 3.29. The quantitative estimate of drug-likeness (QED) is 0.744. The zero-order valence-corrected chi connectivity index (χ0v) is 7.55. The van der Waals surface area contributed by atoms with Crippen LogP contribution in [0.3, 0.4) is 0 Å². The minimum absolute atomic E-state index is 0.178. The Kier molecular flexibility index (Phi) is 2.83. The van der Waals surface area contributed by atoms with E-state index < -0.39 is 17.5 Å². The Morgan fingerprint density at radius 1 is 1.21 bits per heavy atom. The number of alkyl halides is 3. The summed E-state index contributed by atoms with van der Waals surface area (Å²) < 4.78 is 46.4. The molecule has 0 fully saturated rings. The molecule has 0 N–H and O–H groups in total. The van der Waals surface area contributed by atoms with Gasteiger partial charge < -0.3 is 9.47 Å². The highest BCUT2D eigenvalue weighted by molar-refractivity contribution is 5.42. The number of halogens is 3. The highest BCUT2D eigenvalue weighted by Crippen LogP contribution is 2.39. The van der Waals surface area contributed by atoms with Crippen molar-refractivity contribution in [2.45, 2.75) is 6.18 Å². The van der Waals surface area contributed by atoms with Crippen molar-refractivity contribution in [3.63, 3.8) is 0 Å². The molecule has 0 bridgehead atoms. The smallest absolute Gasteiger partial charge is 0.420 e. The number of ether oxygens (including phenoxy) is 2. The predicted molar refractivity (Wildman–Crippen MR) is 42.3 cm³/mol. The molecule has 6 heteroatoms. The molecule has 0 spiro atoms. The molecule has 0 aliphatic rings. The monoisotopic (exact) mass is 207 g/mol. The van der Waals surface area contributed by atoms with Crippen LogP contribution in [0.5, 0.6) is 11.6 Å². The fraction of sp³-hybridized carbons (Fsp3) is 0.375. The van der Waals surface area contributed by atoms with Gasteiger partial charge in [-0.3, -0.25) is 0 Å². The van der Waals surface area contributed by atoms with Gasteiger partial charge in [0.1, 0.15) is 5.56 Å². The van der Waals surface area contributed by atoms with Crippen LogP contribution in [-0.2, 0) is 6.18 Å². The number of hydrogen-bond donors (Lipinski definition) is 0. The van der Waals surface area contributed by atoms with E-state index >= 15 is 0 Å². The molecule has 0 saturated heterocycles. The Hall–Kier alpha value is -1.46. The lowest BCUT2D eigenvalue weighted by Gasteiger charge is -2.13. The summed E-state index contributed by atoms with van der Waals surface area (Å²) in [5.74, 6) is -0.579. The number of nitrogens with zero attached hydrogens (tertiary/aromatic N) is 1. The highest BCUT2D eigenvalue weighted by atomic mass is 19.4. The molecule has 0 aliphatic carbocycles. The van der Waals surface area contributed by atoms with Gasteiger partial charge in [0, 0.05) is 6.20 Å². The summed E-state index contributed by atoms with van der Waals surface area (Å²) in [6, 6.07) is 0.835. The average Bonchev–Trinajstić information content (AvgIpc) is 2.15. The number of hydrogen-bond acceptors (Lipinski definition) is 3. The fourth-order valence-corrected chi connectivity index (χ4v) is 0.995. The zero-order valence-electron chi connectivity index (χ0n) is 7.55. The first-order chi connectivity index (χ1) is 6.50. The van der Waals surface area contributed by atoms with Crippen molar-refractivity contribution in [2.24, 2.45) is 0 Å². The Morgan fingerprint density at radius 3 is 2.29 bits per heavy atom. The van der Waals surface area contributed by atoms with Gasteiger partial charge >= 0.3 is 6.18 Å². The molecule has 0 radical (unpaired) electrons. The summed E-state index contributed by atoms with van der Waals surface area (Å²) in [7, 11) is 2.36. The van der Waals surface area contributed by atoms with E-state index in [1.165, 1.54) is 7.11 Å². The molecule has 3 nitrogen and oxygen atoms in total. The first-order valence-corrected chi connectivity index (χ1v) is 3.65. The Labute approximate surface area is 78.5 Å². The highest BCUT2D eigenvalue weighted by Gasteiger charge is 2.36. The van der Waals surface area contributed by atoms with Gasteiger partial charge in [0.2, 0.25) is 0 Å². The van der Waals surface area contributed by atoms with Crippen LogP contribution in [0.2, 0.25) is 0 Å². The molecule has 78 valence electrons. The maximum Gasteiger partial charge on any atom is 0.420 e. The van der Waals surface area contributed by atoms with Gasteiger partial charge in [-0.25, -0.2) is 4.98 Å². The molecular formula is C8H8F3NO2. The SMILES string of the molecule is COc1nccc(C(F)(F)F)c1OC. The van der Waals surface area contributed by atoms with Gasteiger partial charge in [-0.15, -0.1) is 0 Å². The average molecular weight is 207 g/mol. The van der Waals surface area contributed by atoms with Gasteiger partial charge in [-0.1, -0.05) is 0 Å². The molecule has 0 aromatic carbocycles. The summed E-state index contributed by atoms with van der Waals surface area (Å²) in [6.45, 7) is 0. The van der Waals surface area contributed by atoms with Gasteiger partial charge in [0.15, 0.2) is 5.75 Å². The minimum Gasteiger partial charge on any atom is -0.491 e. The number of rotatable bonds is 2. The van der Waals surface area contributed by atoms with Crippen molar-refractivity contribution in [3.05, 3.63) is 17.8 Å². The van der Waals surface area contributed by atoms with Crippen molar-refractivity contribution in [1.29, 1.82) is 0 Å². The second-order valence-corrected chi connectivity index (χ2v) is 2.40. The van der Waals surface area contributed by atoms with Gasteiger partial charge in [0.25, 0.3) is 5.88 Å². The van der Waals surface area contributed by atoms with Gasteiger partial charge in [-0.2, -0.15) is 13.2 Å². The standard InChI is InChI=1S/C8H8F3NO2/c1-13-6-5(8(9,10)11)3-4-12-7(6)14-2/h3-4H,1-2H3. The lowest BCUT2D eigenvalue weighted by molar-refractivity contribution is -0.139. The summed E-state index contributed by atoms with van der Waals surface area (Å²) in [5.41, 5.74) is -0.896. The largest absolute Gasteiger partial charge is 0.491 e. The summed E-state index contributed by atoms with van der Waals surface area (Å²) >= 11 is 0. The number of aromatic nitrogens is 1. The van der Waals surface area contributed by atoms with E-state index in [0.717, 1.165) is 19.4 Å². The molecular weight excluding hydrogens is 199 g/mol. The third-order valence-electron chi connectivity index (χ3n) is 1.57. The van der Waals surface area contributed by atoms with Crippen LogP contribution in [0, 0.1) is 0 Å². The van der Waals surface area contributed by atoms with Crippen LogP contribution in [-0.4, -0.2) is 19.2 Å². The zero-order chi connectivity index (χ0) is 10.8. The van der Waals surface area contributed by atoms with Gasteiger partial charge in [-0.05, 0) is 6.07 Å². The Bertz CT molecular complexity index is 325. The first-order valence-electron chi connectivity index (χ1n) is 3.65. The van der Waals surface area contributed by atoms with E-state index in [4.69, 9.17) is 0 Å². The van der Waals surface area contributed by atoms with E-state index in [1.54, 1.807) is 0 Å². The number of pyridine rings is 1. The van der Waals surface area contributed by atoms with Crippen LogP contribution in [0.1, 0.15) is 5.56 Å². The van der Waals surface area contributed by atoms with Crippen molar-refractivity contribution in [2.75, 3.05) is 14.2 Å². The molecule has 0 atom stereocenters. The van der Waals surface area contributed by atoms with Crippen LogP contribution in [0.4, 0.5) is 13.2 Å². The summed E-state index contributed by atoms with van der Waals surface area (Å²) in [5, 5.41) is 0. The normalized spacial score (nSPS) is 11.2. The number of methoxy groups -OCH3 is 2. The van der Waals surface area contributed by atoms with Crippen molar-refractivity contribution < 1.29 is 22.6 Å². The minimum atomic E-state index is -4.47. The molecule has 0 unspecified atom stereocenters. The molecule has 0 saturated carbocycles. The lowest BCUT2D eigenvalue weighted by Crippen LogP contribution is -2.09. The third kappa shape index (κ3) is 1.89. The topological polar surface area (TPSA) is 31.4 Å². The first kappa shape index (κ1) is 10.6. The molecule has 1 aromatic rings. The molecule has 1 rings (SSSR count). The van der Waals surface area contributed by atoms with Crippen LogP contribution < -0.4 is 9.47 Å².